The number of hydrogen-bond donors (Lipinski definition) is 2. The molecular weight excluding hydrogens is 292 g/mol. The third kappa shape index (κ3) is 4.12. The van der Waals surface area contributed by atoms with Crippen LogP contribution in [-0.2, 0) is 10.3 Å². The van der Waals surface area contributed by atoms with E-state index in [9.17, 15) is 4.79 Å². The van der Waals surface area contributed by atoms with E-state index in [1.807, 2.05) is 31.6 Å². The van der Waals surface area contributed by atoms with Gasteiger partial charge >= 0.3 is 0 Å². The molecule has 0 bridgehead atoms. The van der Waals surface area contributed by atoms with E-state index < -0.39 is 0 Å². The Labute approximate surface area is 137 Å². The highest BCUT2D eigenvalue weighted by atomic mass is 16.2. The normalized spacial score (nSPS) is 13.2. The SMILES string of the molecule is CC(C)n1nccc1NC(=O)[C@@H](C)Nc1cnn(C(C)(C)C)c1. The first-order chi connectivity index (χ1) is 10.7. The van der Waals surface area contributed by atoms with Crippen LogP contribution in [0.4, 0.5) is 11.5 Å². The average molecular weight is 318 g/mol. The largest absolute Gasteiger partial charge is 0.371 e. The summed E-state index contributed by atoms with van der Waals surface area (Å²) in [5, 5.41) is 14.6. The van der Waals surface area contributed by atoms with Gasteiger partial charge in [-0.15, -0.1) is 0 Å². The van der Waals surface area contributed by atoms with E-state index in [1.165, 1.54) is 0 Å². The minimum absolute atomic E-state index is 0.0881. The van der Waals surface area contributed by atoms with E-state index >= 15 is 0 Å². The van der Waals surface area contributed by atoms with Gasteiger partial charge in [0.15, 0.2) is 0 Å². The number of aromatic nitrogens is 4. The fourth-order valence-corrected chi connectivity index (χ4v) is 2.14. The number of hydrogen-bond acceptors (Lipinski definition) is 4. The van der Waals surface area contributed by atoms with E-state index in [4.69, 9.17) is 0 Å². The molecule has 0 unspecified atom stereocenters. The zero-order valence-corrected chi connectivity index (χ0v) is 14.7. The predicted octanol–water partition coefficient (Wildman–Crippen LogP) is 2.85. The van der Waals surface area contributed by atoms with Crippen molar-refractivity contribution in [3.8, 4) is 0 Å². The van der Waals surface area contributed by atoms with Crippen molar-refractivity contribution in [2.45, 2.75) is 59.2 Å². The zero-order chi connectivity index (χ0) is 17.2. The van der Waals surface area contributed by atoms with Crippen LogP contribution >= 0.6 is 0 Å². The van der Waals surface area contributed by atoms with Gasteiger partial charge in [0.05, 0.1) is 23.6 Å². The summed E-state index contributed by atoms with van der Waals surface area (Å²) >= 11 is 0. The third-order valence-electron chi connectivity index (χ3n) is 3.46. The fourth-order valence-electron chi connectivity index (χ4n) is 2.14. The summed E-state index contributed by atoms with van der Waals surface area (Å²) in [6.45, 7) is 12.1. The molecule has 2 heterocycles. The molecule has 0 spiro atoms. The van der Waals surface area contributed by atoms with E-state index in [2.05, 4.69) is 41.6 Å². The number of nitrogens with one attached hydrogen (secondary N) is 2. The summed E-state index contributed by atoms with van der Waals surface area (Å²) in [4.78, 5) is 12.4. The lowest BCUT2D eigenvalue weighted by Gasteiger charge is -2.19. The molecule has 1 amide bonds. The fraction of sp³-hybridized carbons (Fsp3) is 0.562. The molecule has 2 aromatic heterocycles. The van der Waals surface area contributed by atoms with Crippen LogP contribution in [0.1, 0.15) is 47.6 Å². The van der Waals surface area contributed by atoms with Gasteiger partial charge in [0.1, 0.15) is 11.9 Å². The van der Waals surface area contributed by atoms with Gasteiger partial charge in [0, 0.05) is 18.3 Å². The number of carbonyl (C=O) groups excluding carboxylic acids is 1. The van der Waals surface area contributed by atoms with Crippen molar-refractivity contribution in [2.24, 2.45) is 0 Å². The van der Waals surface area contributed by atoms with Gasteiger partial charge in [-0.1, -0.05) is 0 Å². The molecule has 0 fully saturated rings. The molecule has 0 aliphatic carbocycles. The van der Waals surface area contributed by atoms with Gasteiger partial charge in [0.25, 0.3) is 0 Å². The van der Waals surface area contributed by atoms with Crippen molar-refractivity contribution in [3.05, 3.63) is 24.7 Å². The van der Waals surface area contributed by atoms with Crippen molar-refractivity contribution in [2.75, 3.05) is 10.6 Å². The third-order valence-corrected chi connectivity index (χ3v) is 3.46. The Morgan fingerprint density at radius 2 is 1.91 bits per heavy atom. The van der Waals surface area contributed by atoms with Gasteiger partial charge in [-0.05, 0) is 41.5 Å². The topological polar surface area (TPSA) is 76.8 Å². The molecule has 0 aliphatic rings. The number of nitrogens with zero attached hydrogens (tertiary/aromatic N) is 4. The lowest BCUT2D eigenvalue weighted by atomic mass is 10.1. The molecule has 0 radical (unpaired) electrons. The number of amides is 1. The van der Waals surface area contributed by atoms with Crippen LogP contribution in [0.3, 0.4) is 0 Å². The van der Waals surface area contributed by atoms with E-state index in [0.29, 0.717) is 5.82 Å². The van der Waals surface area contributed by atoms with Crippen molar-refractivity contribution in [1.29, 1.82) is 0 Å². The van der Waals surface area contributed by atoms with Crippen LogP contribution in [0.15, 0.2) is 24.7 Å². The molecule has 0 saturated carbocycles. The molecule has 7 heteroatoms. The highest BCUT2D eigenvalue weighted by Gasteiger charge is 2.18. The number of carbonyl (C=O) groups is 1. The Morgan fingerprint density at radius 3 is 2.48 bits per heavy atom. The summed E-state index contributed by atoms with van der Waals surface area (Å²) in [6.07, 6.45) is 5.32. The van der Waals surface area contributed by atoms with Crippen molar-refractivity contribution in [1.82, 2.24) is 19.6 Å². The second kappa shape index (κ2) is 6.44. The maximum absolute atomic E-state index is 12.4. The molecule has 0 saturated heterocycles. The molecule has 0 aromatic carbocycles. The van der Waals surface area contributed by atoms with Crippen LogP contribution in [0, 0.1) is 0 Å². The monoisotopic (exact) mass is 318 g/mol. The summed E-state index contributed by atoms with van der Waals surface area (Å²) in [6, 6.07) is 1.60. The Bertz CT molecular complexity index is 664. The second-order valence-electron chi connectivity index (χ2n) is 6.95. The van der Waals surface area contributed by atoms with Crippen molar-refractivity contribution < 1.29 is 4.79 Å². The van der Waals surface area contributed by atoms with E-state index in [1.54, 1.807) is 23.1 Å². The lowest BCUT2D eigenvalue weighted by Crippen LogP contribution is -2.32. The average Bonchev–Trinajstić information content (AvgIpc) is 3.06. The maximum atomic E-state index is 12.4. The van der Waals surface area contributed by atoms with Gasteiger partial charge < -0.3 is 10.6 Å². The molecule has 1 atom stereocenters. The Hall–Kier alpha value is -2.31. The summed E-state index contributed by atoms with van der Waals surface area (Å²) in [5.74, 6) is 0.583. The summed E-state index contributed by atoms with van der Waals surface area (Å²) in [7, 11) is 0. The van der Waals surface area contributed by atoms with Gasteiger partial charge in [-0.2, -0.15) is 10.2 Å². The molecule has 126 valence electrons. The maximum Gasteiger partial charge on any atom is 0.247 e. The van der Waals surface area contributed by atoms with Crippen LogP contribution in [0.25, 0.3) is 0 Å². The lowest BCUT2D eigenvalue weighted by molar-refractivity contribution is -0.116. The molecule has 2 rings (SSSR count). The zero-order valence-electron chi connectivity index (χ0n) is 14.7. The minimum atomic E-state index is -0.386. The molecule has 0 aliphatic heterocycles. The molecule has 2 N–H and O–H groups in total. The van der Waals surface area contributed by atoms with E-state index in [0.717, 1.165) is 5.69 Å². The number of rotatable bonds is 5. The Kier molecular flexibility index (Phi) is 4.77. The second-order valence-corrected chi connectivity index (χ2v) is 6.95. The highest BCUT2D eigenvalue weighted by Crippen LogP contribution is 2.17. The highest BCUT2D eigenvalue weighted by molar-refractivity contribution is 5.95. The first kappa shape index (κ1) is 17.1. The Balaban J connectivity index is 2.00. The number of anilines is 2. The Morgan fingerprint density at radius 1 is 1.22 bits per heavy atom. The quantitative estimate of drug-likeness (QED) is 0.888. The van der Waals surface area contributed by atoms with Gasteiger partial charge in [0.2, 0.25) is 5.91 Å². The van der Waals surface area contributed by atoms with Crippen LogP contribution in [-0.4, -0.2) is 31.5 Å². The van der Waals surface area contributed by atoms with Crippen molar-refractivity contribution in [3.63, 3.8) is 0 Å². The standard InChI is InChI=1S/C16H26N6O/c1-11(2)22-14(7-8-17-22)20-15(23)12(3)19-13-9-18-21(10-13)16(4,5)6/h7-12,19H,1-6H3,(H,20,23)/t12-/m1/s1. The van der Waals surface area contributed by atoms with Crippen LogP contribution < -0.4 is 10.6 Å². The van der Waals surface area contributed by atoms with Gasteiger partial charge in [-0.25, -0.2) is 4.68 Å². The summed E-state index contributed by atoms with van der Waals surface area (Å²) in [5.41, 5.74) is 0.731. The van der Waals surface area contributed by atoms with Crippen LogP contribution in [0.5, 0.6) is 0 Å². The first-order valence-corrected chi connectivity index (χ1v) is 7.84. The molecular formula is C16H26N6O. The molecule has 23 heavy (non-hydrogen) atoms. The predicted molar refractivity (Wildman–Crippen MR) is 91.5 cm³/mol. The first-order valence-electron chi connectivity index (χ1n) is 7.84. The molecule has 2 aromatic rings. The van der Waals surface area contributed by atoms with E-state index in [-0.39, 0.29) is 23.5 Å². The van der Waals surface area contributed by atoms with Gasteiger partial charge in [-0.3, -0.25) is 9.48 Å². The van der Waals surface area contributed by atoms with Crippen molar-refractivity contribution >= 4 is 17.4 Å². The summed E-state index contributed by atoms with van der Waals surface area (Å²) < 4.78 is 3.65. The molecule has 7 nitrogen and oxygen atoms in total. The van der Waals surface area contributed by atoms with Crippen LogP contribution in [0.2, 0.25) is 0 Å². The smallest absolute Gasteiger partial charge is 0.247 e. The minimum Gasteiger partial charge on any atom is -0.371 e.